The third kappa shape index (κ3) is 3.05. The molecule has 0 saturated heterocycles. The molecule has 0 bridgehead atoms. The highest BCUT2D eigenvalue weighted by molar-refractivity contribution is 5.92. The molecule has 1 aromatic carbocycles. The molecule has 0 spiro atoms. The lowest BCUT2D eigenvalue weighted by molar-refractivity contribution is -0.122. The number of hydrogen-bond acceptors (Lipinski definition) is 3. The van der Waals surface area contributed by atoms with E-state index in [1.54, 1.807) is 12.1 Å². The second kappa shape index (κ2) is 6.09. The lowest BCUT2D eigenvalue weighted by atomic mass is 9.85. The van der Waals surface area contributed by atoms with Gasteiger partial charge in [0.1, 0.15) is 23.1 Å². The average molecular weight is 303 g/mol. The number of nitrogens with zero attached hydrogens (tertiary/aromatic N) is 1. The lowest BCUT2D eigenvalue weighted by Gasteiger charge is -2.23. The van der Waals surface area contributed by atoms with E-state index < -0.39 is 11.6 Å². The molecule has 2 aromatic rings. The minimum absolute atomic E-state index is 0.0281. The van der Waals surface area contributed by atoms with Gasteiger partial charge in [0.05, 0.1) is 11.9 Å². The first kappa shape index (κ1) is 14.4. The molecule has 4 nitrogen and oxygen atoms in total. The number of pyridine rings is 1. The van der Waals surface area contributed by atoms with Gasteiger partial charge in [-0.15, -0.1) is 0 Å². The van der Waals surface area contributed by atoms with Crippen LogP contribution < -0.4 is 10.6 Å². The summed E-state index contributed by atoms with van der Waals surface area (Å²) in [6.45, 7) is 0. The summed E-state index contributed by atoms with van der Waals surface area (Å²) in [6, 6.07) is 6.85. The van der Waals surface area contributed by atoms with Crippen LogP contribution in [0.4, 0.5) is 26.0 Å². The predicted octanol–water partition coefficient (Wildman–Crippen LogP) is 3.84. The summed E-state index contributed by atoms with van der Waals surface area (Å²) in [6.07, 6.45) is 4.33. The van der Waals surface area contributed by atoms with Crippen LogP contribution in [0.1, 0.15) is 19.3 Å². The van der Waals surface area contributed by atoms with Crippen molar-refractivity contribution in [3.8, 4) is 0 Å². The van der Waals surface area contributed by atoms with E-state index in [0.717, 1.165) is 19.3 Å². The van der Waals surface area contributed by atoms with Gasteiger partial charge in [0.2, 0.25) is 5.91 Å². The van der Waals surface area contributed by atoms with Gasteiger partial charge in [-0.3, -0.25) is 4.79 Å². The molecular formula is C16H15F2N3O. The van der Waals surface area contributed by atoms with Crippen molar-refractivity contribution < 1.29 is 13.6 Å². The Balaban J connectivity index is 1.67. The Morgan fingerprint density at radius 2 is 1.86 bits per heavy atom. The van der Waals surface area contributed by atoms with Gasteiger partial charge in [-0.25, -0.2) is 13.8 Å². The van der Waals surface area contributed by atoms with E-state index in [1.807, 2.05) is 0 Å². The standard InChI is InChI=1S/C16H15F2N3O/c17-12-5-2-6-13(18)15(12)20-11-7-8-14(19-9-11)21-16(22)10-3-1-4-10/h2,5-10,20H,1,3-4H2,(H,19,21,22). The van der Waals surface area contributed by atoms with Crippen molar-refractivity contribution in [2.75, 3.05) is 10.6 Å². The van der Waals surface area contributed by atoms with E-state index in [4.69, 9.17) is 0 Å². The molecule has 3 rings (SSSR count). The zero-order valence-electron chi connectivity index (χ0n) is 11.8. The third-order valence-corrected chi connectivity index (χ3v) is 3.72. The molecular weight excluding hydrogens is 288 g/mol. The smallest absolute Gasteiger partial charge is 0.228 e. The second-order valence-corrected chi connectivity index (χ2v) is 5.27. The van der Waals surface area contributed by atoms with Crippen LogP contribution in [-0.4, -0.2) is 10.9 Å². The number of anilines is 3. The van der Waals surface area contributed by atoms with E-state index in [-0.39, 0.29) is 17.5 Å². The minimum atomic E-state index is -0.678. The summed E-state index contributed by atoms with van der Waals surface area (Å²) < 4.78 is 27.1. The Bertz CT molecular complexity index is 664. The lowest BCUT2D eigenvalue weighted by Crippen LogP contribution is -2.28. The van der Waals surface area contributed by atoms with Gasteiger partial charge >= 0.3 is 0 Å². The summed E-state index contributed by atoms with van der Waals surface area (Å²) in [5.41, 5.74) is 0.209. The van der Waals surface area contributed by atoms with Gasteiger partial charge in [0.15, 0.2) is 0 Å². The number of para-hydroxylation sites is 1. The minimum Gasteiger partial charge on any atom is -0.349 e. The van der Waals surface area contributed by atoms with Crippen molar-refractivity contribution in [2.45, 2.75) is 19.3 Å². The number of benzene rings is 1. The average Bonchev–Trinajstić information content (AvgIpc) is 2.43. The Hall–Kier alpha value is -2.50. The normalized spacial score (nSPS) is 14.3. The van der Waals surface area contributed by atoms with Gasteiger partial charge in [-0.1, -0.05) is 12.5 Å². The number of halogens is 2. The fourth-order valence-electron chi connectivity index (χ4n) is 2.20. The number of aromatic nitrogens is 1. The fraction of sp³-hybridized carbons (Fsp3) is 0.250. The van der Waals surface area contributed by atoms with Crippen LogP contribution in [0.25, 0.3) is 0 Å². The Labute approximate surface area is 126 Å². The van der Waals surface area contributed by atoms with Crippen LogP contribution in [0.5, 0.6) is 0 Å². The molecule has 1 heterocycles. The molecule has 1 saturated carbocycles. The van der Waals surface area contributed by atoms with Gasteiger partial charge in [0, 0.05) is 5.92 Å². The molecule has 1 fully saturated rings. The first-order valence-corrected chi connectivity index (χ1v) is 7.11. The first-order chi connectivity index (χ1) is 10.6. The monoisotopic (exact) mass is 303 g/mol. The van der Waals surface area contributed by atoms with E-state index in [2.05, 4.69) is 15.6 Å². The molecule has 22 heavy (non-hydrogen) atoms. The largest absolute Gasteiger partial charge is 0.349 e. The van der Waals surface area contributed by atoms with E-state index in [1.165, 1.54) is 24.4 Å². The zero-order valence-corrected chi connectivity index (χ0v) is 11.8. The molecule has 1 amide bonds. The van der Waals surface area contributed by atoms with Crippen molar-refractivity contribution in [1.82, 2.24) is 4.98 Å². The van der Waals surface area contributed by atoms with E-state index in [9.17, 15) is 13.6 Å². The fourth-order valence-corrected chi connectivity index (χ4v) is 2.20. The van der Waals surface area contributed by atoms with Gasteiger partial charge in [0.25, 0.3) is 0 Å². The number of carbonyl (C=O) groups is 1. The number of nitrogens with one attached hydrogen (secondary N) is 2. The Kier molecular flexibility index (Phi) is 4.00. The van der Waals surface area contributed by atoms with E-state index >= 15 is 0 Å². The van der Waals surface area contributed by atoms with Gasteiger partial charge < -0.3 is 10.6 Å². The number of amides is 1. The van der Waals surface area contributed by atoms with Crippen LogP contribution in [0.15, 0.2) is 36.5 Å². The highest BCUT2D eigenvalue weighted by Gasteiger charge is 2.25. The van der Waals surface area contributed by atoms with Crippen LogP contribution in [-0.2, 0) is 4.79 Å². The summed E-state index contributed by atoms with van der Waals surface area (Å²) in [4.78, 5) is 15.9. The maximum atomic E-state index is 13.5. The number of rotatable bonds is 4. The molecule has 0 unspecified atom stereocenters. The van der Waals surface area contributed by atoms with Crippen LogP contribution in [0, 0.1) is 17.6 Å². The topological polar surface area (TPSA) is 54.0 Å². The maximum Gasteiger partial charge on any atom is 0.228 e. The molecule has 0 radical (unpaired) electrons. The highest BCUT2D eigenvalue weighted by atomic mass is 19.1. The molecule has 1 aliphatic carbocycles. The third-order valence-electron chi connectivity index (χ3n) is 3.72. The number of hydrogen-bond donors (Lipinski definition) is 2. The summed E-state index contributed by atoms with van der Waals surface area (Å²) >= 11 is 0. The SMILES string of the molecule is O=C(Nc1ccc(Nc2c(F)cccc2F)cn1)C1CCC1. The Morgan fingerprint density at radius 1 is 1.14 bits per heavy atom. The van der Waals surface area contributed by atoms with Crippen molar-refractivity contribution in [3.63, 3.8) is 0 Å². The summed E-state index contributed by atoms with van der Waals surface area (Å²) in [5, 5.41) is 5.37. The first-order valence-electron chi connectivity index (χ1n) is 7.11. The van der Waals surface area contributed by atoms with Gasteiger partial charge in [-0.05, 0) is 37.1 Å². The molecule has 2 N–H and O–H groups in total. The van der Waals surface area contributed by atoms with Gasteiger partial charge in [-0.2, -0.15) is 0 Å². The summed E-state index contributed by atoms with van der Waals surface area (Å²) in [7, 11) is 0. The molecule has 1 aliphatic rings. The van der Waals surface area contributed by atoms with Crippen LogP contribution in [0.2, 0.25) is 0 Å². The molecule has 0 atom stereocenters. The number of carbonyl (C=O) groups excluding carboxylic acids is 1. The predicted molar refractivity (Wildman–Crippen MR) is 79.8 cm³/mol. The van der Waals surface area contributed by atoms with Crippen LogP contribution >= 0.6 is 0 Å². The quantitative estimate of drug-likeness (QED) is 0.902. The zero-order chi connectivity index (χ0) is 15.5. The van der Waals surface area contributed by atoms with E-state index in [0.29, 0.717) is 11.5 Å². The Morgan fingerprint density at radius 3 is 2.41 bits per heavy atom. The second-order valence-electron chi connectivity index (χ2n) is 5.27. The van der Waals surface area contributed by atoms with Crippen molar-refractivity contribution >= 4 is 23.1 Å². The molecule has 6 heteroatoms. The molecule has 1 aromatic heterocycles. The molecule has 114 valence electrons. The molecule has 0 aliphatic heterocycles. The van der Waals surface area contributed by atoms with Crippen molar-refractivity contribution in [2.24, 2.45) is 5.92 Å². The van der Waals surface area contributed by atoms with Crippen molar-refractivity contribution in [3.05, 3.63) is 48.2 Å². The summed E-state index contributed by atoms with van der Waals surface area (Å²) in [5.74, 6) is -0.882. The van der Waals surface area contributed by atoms with Crippen molar-refractivity contribution in [1.29, 1.82) is 0 Å². The van der Waals surface area contributed by atoms with Crippen LogP contribution in [0.3, 0.4) is 0 Å². The highest BCUT2D eigenvalue weighted by Crippen LogP contribution is 2.27. The maximum absolute atomic E-state index is 13.5.